The first-order valence-corrected chi connectivity index (χ1v) is 25.8. The van der Waals surface area contributed by atoms with Gasteiger partial charge in [0.1, 0.15) is 18.3 Å². The summed E-state index contributed by atoms with van der Waals surface area (Å²) >= 11 is 0. The molecule has 1 heterocycles. The molecule has 1 fully saturated rings. The van der Waals surface area contributed by atoms with Crippen molar-refractivity contribution in [1.29, 1.82) is 0 Å². The van der Waals surface area contributed by atoms with Crippen LogP contribution >= 0.6 is 0 Å². The van der Waals surface area contributed by atoms with E-state index in [9.17, 15) is 32.5 Å². The number of hydroxylamine groups is 1. The van der Waals surface area contributed by atoms with E-state index >= 15 is 0 Å². The van der Waals surface area contributed by atoms with Crippen LogP contribution < -0.4 is 35.0 Å². The van der Waals surface area contributed by atoms with E-state index < -0.39 is 65.6 Å². The van der Waals surface area contributed by atoms with E-state index in [0.29, 0.717) is 25.7 Å². The SMILES string of the molecule is CCCCCCCCCCCCC(OC(=O)CCCCCCCCc1ccccc1)C(=O)NO[C@@H]1C[C@@H](OC(=O)CCCCCCCCc2ccccc2)[C@H](OS(=O)(=O)O)[C@@H](CO)O1.[H-].[Na+]. The Kier molecular flexibility index (Phi) is 33.1. The Morgan fingerprint density at radius 2 is 1.15 bits per heavy atom. The van der Waals surface area contributed by atoms with E-state index in [4.69, 9.17) is 23.2 Å². The van der Waals surface area contributed by atoms with E-state index in [1.807, 2.05) is 24.3 Å². The van der Waals surface area contributed by atoms with E-state index in [1.54, 1.807) is 0 Å². The molecule has 1 saturated heterocycles. The Hall–Kier alpha value is -2.40. The van der Waals surface area contributed by atoms with Gasteiger partial charge in [-0.15, -0.1) is 0 Å². The normalized spacial score (nSPS) is 17.8. The summed E-state index contributed by atoms with van der Waals surface area (Å²) in [4.78, 5) is 45.1. The number of hydrogen-bond donors (Lipinski definition) is 3. The second kappa shape index (κ2) is 36.6. The number of esters is 2. The molecule has 5 atom stereocenters. The topological polar surface area (TPSA) is 184 Å². The minimum absolute atomic E-state index is 0. The molecule has 3 N–H and O–H groups in total. The molecule has 1 unspecified atom stereocenters. The predicted octanol–water partition coefficient (Wildman–Crippen LogP) is 7.53. The smallest absolute Gasteiger partial charge is 1.00 e. The number of carbonyl (C=O) groups is 3. The molecule has 0 spiro atoms. The van der Waals surface area contributed by atoms with Gasteiger partial charge in [0.05, 0.1) is 6.61 Å². The van der Waals surface area contributed by atoms with Crippen LogP contribution in [0.15, 0.2) is 60.7 Å². The van der Waals surface area contributed by atoms with Crippen LogP contribution in [0, 0.1) is 0 Å². The standard InChI is InChI=1S/C50H79NO12S.Na.H/c1-2-3-4-5-6-7-8-9-16-27-36-43(59-46(53)37-28-17-12-10-14-21-30-41-32-23-19-24-33-41)50(55)51-62-48-39-44(49(45(40-52)61-48)63-64(56,57)58)60-47(54)38-29-18-13-11-15-22-31-42-34-25-20-26-35-42;;/h19-20,23-26,32-35,43-45,48-49,52H,2-18,21-22,27-31,36-40H2,1H3,(H,51,55)(H,56,57,58);;/q;+1;-1/t43?,44-,45-,48-,49+;;/m1../s1. The number of ether oxygens (including phenoxy) is 3. The average molecular weight is 942 g/mol. The maximum Gasteiger partial charge on any atom is 1.00 e. The third-order valence-electron chi connectivity index (χ3n) is 11.7. The van der Waals surface area contributed by atoms with Gasteiger partial charge in [-0.25, -0.2) is 14.5 Å². The summed E-state index contributed by atoms with van der Waals surface area (Å²) in [5, 5.41) is 10.1. The number of aliphatic hydroxyl groups is 1. The summed E-state index contributed by atoms with van der Waals surface area (Å²) in [6.07, 6.45) is 18.0. The molecular weight excluding hydrogens is 862 g/mol. The number of amides is 1. The Labute approximate surface area is 413 Å². The monoisotopic (exact) mass is 942 g/mol. The fraction of sp³-hybridized carbons (Fsp3) is 0.700. The van der Waals surface area contributed by atoms with Crippen molar-refractivity contribution in [3.05, 3.63) is 71.8 Å². The van der Waals surface area contributed by atoms with E-state index in [2.05, 4.69) is 48.8 Å². The van der Waals surface area contributed by atoms with Crippen molar-refractivity contribution in [1.82, 2.24) is 5.48 Å². The first kappa shape index (κ1) is 58.7. The van der Waals surface area contributed by atoms with Gasteiger partial charge in [0.15, 0.2) is 12.4 Å². The van der Waals surface area contributed by atoms with Crippen molar-refractivity contribution >= 4 is 28.2 Å². The van der Waals surface area contributed by atoms with Crippen molar-refractivity contribution in [2.75, 3.05) is 6.61 Å². The number of aliphatic hydroxyl groups excluding tert-OH is 1. The van der Waals surface area contributed by atoms with Gasteiger partial charge in [-0.2, -0.15) is 8.42 Å². The number of hydrogen-bond acceptors (Lipinski definition) is 11. The second-order valence-corrected chi connectivity index (χ2v) is 18.3. The van der Waals surface area contributed by atoms with E-state index in [-0.39, 0.29) is 50.2 Å². The van der Waals surface area contributed by atoms with Crippen LogP contribution in [0.2, 0.25) is 0 Å². The van der Waals surface area contributed by atoms with Crippen LogP contribution in [0.25, 0.3) is 0 Å². The Bertz CT molecular complexity index is 1640. The van der Waals surface area contributed by atoms with Crippen molar-refractivity contribution < 1.29 is 86.7 Å². The summed E-state index contributed by atoms with van der Waals surface area (Å²) in [6.45, 7) is 1.43. The zero-order chi connectivity index (χ0) is 46.1. The molecule has 0 aromatic heterocycles. The van der Waals surface area contributed by atoms with E-state index in [1.165, 1.54) is 49.7 Å². The molecule has 15 heteroatoms. The van der Waals surface area contributed by atoms with E-state index in [0.717, 1.165) is 96.3 Å². The minimum Gasteiger partial charge on any atom is -1.00 e. The quantitative estimate of drug-likeness (QED) is 0.0199. The van der Waals surface area contributed by atoms with Crippen LogP contribution in [0.5, 0.6) is 0 Å². The number of rotatable bonds is 37. The number of nitrogens with one attached hydrogen (secondary N) is 1. The predicted molar refractivity (Wildman–Crippen MR) is 248 cm³/mol. The fourth-order valence-electron chi connectivity index (χ4n) is 8.09. The molecule has 2 aromatic rings. The number of aryl methyl sites for hydroxylation is 2. The molecule has 364 valence electrons. The summed E-state index contributed by atoms with van der Waals surface area (Å²) < 4.78 is 54.9. The van der Waals surface area contributed by atoms with Crippen molar-refractivity contribution in [3.63, 3.8) is 0 Å². The summed E-state index contributed by atoms with van der Waals surface area (Å²) in [7, 11) is -5.04. The molecule has 1 aliphatic rings. The maximum absolute atomic E-state index is 13.5. The van der Waals surface area contributed by atoms with Crippen molar-refractivity contribution in [2.24, 2.45) is 0 Å². The average Bonchev–Trinajstić information content (AvgIpc) is 3.28. The Morgan fingerprint density at radius 1 is 0.692 bits per heavy atom. The molecule has 65 heavy (non-hydrogen) atoms. The van der Waals surface area contributed by atoms with Gasteiger partial charge in [0.25, 0.3) is 5.91 Å². The molecule has 2 aromatic carbocycles. The van der Waals surface area contributed by atoms with Crippen LogP contribution in [0.3, 0.4) is 0 Å². The third kappa shape index (κ3) is 28.5. The van der Waals surface area contributed by atoms with Gasteiger partial charge in [-0.3, -0.25) is 18.9 Å². The molecular formula is C50H80NNaO12S. The number of carbonyl (C=O) groups excluding carboxylic acids is 3. The molecule has 1 amide bonds. The number of benzene rings is 2. The van der Waals surface area contributed by atoms with Crippen molar-refractivity contribution in [3.8, 4) is 0 Å². The van der Waals surface area contributed by atoms with Gasteiger partial charge in [0.2, 0.25) is 0 Å². The fourth-order valence-corrected chi connectivity index (χ4v) is 8.62. The van der Waals surface area contributed by atoms with Crippen molar-refractivity contribution in [2.45, 2.75) is 217 Å². The molecule has 13 nitrogen and oxygen atoms in total. The molecule has 3 rings (SSSR count). The molecule has 0 aliphatic carbocycles. The van der Waals surface area contributed by atoms with Crippen LogP contribution in [-0.2, 0) is 60.9 Å². The third-order valence-corrected chi connectivity index (χ3v) is 12.2. The van der Waals surface area contributed by atoms with Crippen LogP contribution in [0.1, 0.15) is 186 Å². The Balaban J connectivity index is 0.0000109. The summed E-state index contributed by atoms with van der Waals surface area (Å²) in [5.41, 5.74) is 4.99. The minimum atomic E-state index is -5.04. The molecule has 1 aliphatic heterocycles. The zero-order valence-corrected chi connectivity index (χ0v) is 42.4. The van der Waals surface area contributed by atoms with Gasteiger partial charge in [0, 0.05) is 19.3 Å². The summed E-state index contributed by atoms with van der Waals surface area (Å²) in [5.74, 6) is -1.78. The van der Waals surface area contributed by atoms with Gasteiger partial charge >= 0.3 is 51.9 Å². The largest absolute Gasteiger partial charge is 1.00 e. The van der Waals surface area contributed by atoms with Gasteiger partial charge in [-0.1, -0.05) is 177 Å². The van der Waals surface area contributed by atoms with Gasteiger partial charge < -0.3 is 20.7 Å². The van der Waals surface area contributed by atoms with Crippen LogP contribution in [-0.4, -0.2) is 73.2 Å². The molecule has 0 radical (unpaired) electrons. The first-order chi connectivity index (χ1) is 31.1. The molecule has 0 saturated carbocycles. The zero-order valence-electron chi connectivity index (χ0n) is 40.6. The maximum atomic E-state index is 13.5. The van der Waals surface area contributed by atoms with Gasteiger partial charge in [-0.05, 0) is 62.5 Å². The first-order valence-electron chi connectivity index (χ1n) is 24.4. The number of unbranched alkanes of at least 4 members (excludes halogenated alkanes) is 19. The summed E-state index contributed by atoms with van der Waals surface area (Å²) in [6, 6.07) is 20.8. The van der Waals surface area contributed by atoms with Crippen LogP contribution in [0.4, 0.5) is 0 Å². The molecule has 0 bridgehead atoms. The second-order valence-electron chi connectivity index (χ2n) is 17.3. The Morgan fingerprint density at radius 3 is 1.65 bits per heavy atom.